The van der Waals surface area contributed by atoms with Crippen LogP contribution < -0.4 is 0 Å². The van der Waals surface area contributed by atoms with Gasteiger partial charge in [-0.1, -0.05) is 151 Å². The Morgan fingerprint density at radius 3 is 0.932 bits per heavy atom. The van der Waals surface area contributed by atoms with Crippen LogP contribution in [0.3, 0.4) is 0 Å². The second kappa shape index (κ2) is 18.8. The molecule has 0 aliphatic heterocycles. The van der Waals surface area contributed by atoms with Crippen molar-refractivity contribution in [2.45, 2.75) is 101 Å². The molecule has 3 rings (SSSR count). The number of hydrogen-bond acceptors (Lipinski definition) is 4. The first-order valence-electron chi connectivity index (χ1n) is 16.4. The Morgan fingerprint density at radius 2 is 0.636 bits per heavy atom. The predicted octanol–water partition coefficient (Wildman–Crippen LogP) is 10.3. The van der Waals surface area contributed by atoms with Crippen LogP contribution >= 0.6 is 0 Å². The van der Waals surface area contributed by atoms with E-state index in [1.165, 1.54) is 38.5 Å². The first kappa shape index (κ1) is 35.5. The molecule has 3 aromatic rings. The van der Waals surface area contributed by atoms with E-state index in [2.05, 4.69) is 13.8 Å². The SMILES string of the molecule is CCCCCCCCS(=O)(=O)c1ccc(/C=C/c2ccc(/C=C/c3ccc(S(=O)(=O)CCCCCCCC)cc3)cc2)cc1. The summed E-state index contributed by atoms with van der Waals surface area (Å²) in [6, 6.07) is 22.4. The maximum atomic E-state index is 12.7. The molecule has 0 aromatic heterocycles. The van der Waals surface area contributed by atoms with Crippen LogP contribution in [0.15, 0.2) is 82.6 Å². The van der Waals surface area contributed by atoms with Crippen molar-refractivity contribution in [3.63, 3.8) is 0 Å². The van der Waals surface area contributed by atoms with Gasteiger partial charge in [-0.2, -0.15) is 0 Å². The molecule has 0 saturated carbocycles. The molecule has 0 fully saturated rings. The number of sulfone groups is 2. The van der Waals surface area contributed by atoms with Crippen molar-refractivity contribution >= 4 is 44.0 Å². The van der Waals surface area contributed by atoms with Gasteiger partial charge in [0, 0.05) is 0 Å². The maximum Gasteiger partial charge on any atom is 0.178 e. The van der Waals surface area contributed by atoms with Gasteiger partial charge in [0.25, 0.3) is 0 Å². The lowest BCUT2D eigenvalue weighted by Gasteiger charge is -2.05. The molecule has 0 bridgehead atoms. The molecular weight excluding hydrogens is 585 g/mol. The van der Waals surface area contributed by atoms with E-state index >= 15 is 0 Å². The summed E-state index contributed by atoms with van der Waals surface area (Å²) in [5, 5.41) is 0. The monoisotopic (exact) mass is 634 g/mol. The van der Waals surface area contributed by atoms with Crippen molar-refractivity contribution in [2.24, 2.45) is 0 Å². The predicted molar refractivity (Wildman–Crippen MR) is 188 cm³/mol. The van der Waals surface area contributed by atoms with Gasteiger partial charge in [-0.05, 0) is 59.4 Å². The molecule has 44 heavy (non-hydrogen) atoms. The minimum absolute atomic E-state index is 0.210. The molecule has 0 unspecified atom stereocenters. The maximum absolute atomic E-state index is 12.7. The van der Waals surface area contributed by atoms with Crippen molar-refractivity contribution in [3.05, 3.63) is 95.1 Å². The van der Waals surface area contributed by atoms with Gasteiger partial charge < -0.3 is 0 Å². The molecule has 238 valence electrons. The van der Waals surface area contributed by atoms with Crippen LogP contribution in [-0.2, 0) is 19.7 Å². The van der Waals surface area contributed by atoms with Gasteiger partial charge in [-0.3, -0.25) is 0 Å². The fourth-order valence-electron chi connectivity index (χ4n) is 5.06. The van der Waals surface area contributed by atoms with Crippen molar-refractivity contribution in [1.82, 2.24) is 0 Å². The van der Waals surface area contributed by atoms with Crippen molar-refractivity contribution in [2.75, 3.05) is 11.5 Å². The summed E-state index contributed by atoms with van der Waals surface area (Å²) in [6.07, 6.45) is 20.7. The van der Waals surface area contributed by atoms with Crippen LogP contribution in [0, 0.1) is 0 Å². The Labute approximate surface area is 267 Å². The molecule has 0 atom stereocenters. The molecule has 0 saturated heterocycles. The lowest BCUT2D eigenvalue weighted by Crippen LogP contribution is -2.06. The summed E-state index contributed by atoms with van der Waals surface area (Å²) in [5.41, 5.74) is 3.98. The van der Waals surface area contributed by atoms with Crippen LogP contribution in [0.4, 0.5) is 0 Å². The van der Waals surface area contributed by atoms with Crippen LogP contribution in [0.5, 0.6) is 0 Å². The van der Waals surface area contributed by atoms with E-state index < -0.39 is 19.7 Å². The Kier molecular flexibility index (Phi) is 15.1. The molecule has 6 heteroatoms. The Bertz CT molecular complexity index is 1400. The highest BCUT2D eigenvalue weighted by molar-refractivity contribution is 7.91. The molecule has 0 amide bonds. The summed E-state index contributed by atoms with van der Waals surface area (Å²) < 4.78 is 50.7. The second-order valence-electron chi connectivity index (χ2n) is 11.6. The molecule has 3 aromatic carbocycles. The van der Waals surface area contributed by atoms with Crippen LogP contribution in [0.1, 0.15) is 113 Å². The fraction of sp³-hybridized carbons (Fsp3) is 0.421. The highest BCUT2D eigenvalue weighted by atomic mass is 32.2. The molecule has 0 N–H and O–H groups in total. The molecule has 0 radical (unpaired) electrons. The minimum atomic E-state index is -3.24. The van der Waals surface area contributed by atoms with Crippen molar-refractivity contribution < 1.29 is 16.8 Å². The summed E-state index contributed by atoms with van der Waals surface area (Å²) in [6.45, 7) is 4.36. The van der Waals surface area contributed by atoms with E-state index in [9.17, 15) is 16.8 Å². The van der Waals surface area contributed by atoms with Crippen LogP contribution in [0.25, 0.3) is 24.3 Å². The van der Waals surface area contributed by atoms with Gasteiger partial charge in [0.15, 0.2) is 19.7 Å². The normalized spacial score (nSPS) is 12.4. The van der Waals surface area contributed by atoms with E-state index in [1.807, 2.05) is 72.8 Å². The summed E-state index contributed by atoms with van der Waals surface area (Å²) >= 11 is 0. The van der Waals surface area contributed by atoms with Gasteiger partial charge in [-0.15, -0.1) is 0 Å². The number of rotatable bonds is 20. The van der Waals surface area contributed by atoms with Gasteiger partial charge in [0.2, 0.25) is 0 Å². The van der Waals surface area contributed by atoms with Gasteiger partial charge in [0.1, 0.15) is 0 Å². The lowest BCUT2D eigenvalue weighted by molar-refractivity contribution is 0.582. The van der Waals surface area contributed by atoms with Gasteiger partial charge >= 0.3 is 0 Å². The van der Waals surface area contributed by atoms with Crippen molar-refractivity contribution in [1.29, 1.82) is 0 Å². The topological polar surface area (TPSA) is 68.3 Å². The quantitative estimate of drug-likeness (QED) is 0.0916. The summed E-state index contributed by atoms with van der Waals surface area (Å²) in [4.78, 5) is 0.785. The van der Waals surface area contributed by atoms with E-state index in [0.717, 1.165) is 60.8 Å². The van der Waals surface area contributed by atoms with E-state index in [-0.39, 0.29) is 11.5 Å². The highest BCUT2D eigenvalue weighted by Crippen LogP contribution is 2.19. The van der Waals surface area contributed by atoms with E-state index in [4.69, 9.17) is 0 Å². The van der Waals surface area contributed by atoms with Crippen molar-refractivity contribution in [3.8, 4) is 0 Å². The minimum Gasteiger partial charge on any atom is -0.224 e. The number of benzene rings is 3. The zero-order chi connectivity index (χ0) is 31.7. The molecule has 0 heterocycles. The Morgan fingerprint density at radius 1 is 0.386 bits per heavy atom. The van der Waals surface area contributed by atoms with E-state index in [0.29, 0.717) is 9.79 Å². The molecule has 0 spiro atoms. The largest absolute Gasteiger partial charge is 0.224 e. The molecule has 4 nitrogen and oxygen atoms in total. The first-order chi connectivity index (χ1) is 21.2. The summed E-state index contributed by atoms with van der Waals surface area (Å²) in [7, 11) is -6.48. The Hall–Kier alpha value is -2.96. The average molecular weight is 635 g/mol. The molecule has 0 aliphatic rings. The van der Waals surface area contributed by atoms with Crippen LogP contribution in [-0.4, -0.2) is 28.3 Å². The second-order valence-corrected chi connectivity index (χ2v) is 15.9. The zero-order valence-electron chi connectivity index (χ0n) is 26.6. The van der Waals surface area contributed by atoms with Gasteiger partial charge in [-0.25, -0.2) is 16.8 Å². The standard InChI is InChI=1S/C38H50O4S2/c1-3-5-7-9-11-13-31-43(39,40)37-27-23-35(24-28-37)21-19-33-15-17-34(18-16-33)20-22-36-25-29-38(30-26-36)44(41,42)32-14-12-10-8-6-4-2/h15-30H,3-14,31-32H2,1-2H3/b21-19+,22-20+. The van der Waals surface area contributed by atoms with E-state index in [1.54, 1.807) is 24.3 Å². The molecule has 0 aliphatic carbocycles. The number of unbranched alkanes of at least 4 members (excludes halogenated alkanes) is 10. The third kappa shape index (κ3) is 12.6. The van der Waals surface area contributed by atoms with Crippen LogP contribution in [0.2, 0.25) is 0 Å². The third-order valence-electron chi connectivity index (χ3n) is 7.88. The summed E-state index contributed by atoms with van der Waals surface area (Å²) in [5.74, 6) is 0.420. The number of hydrogen-bond donors (Lipinski definition) is 0. The zero-order valence-corrected chi connectivity index (χ0v) is 28.2. The third-order valence-corrected chi connectivity index (χ3v) is 11.5. The van der Waals surface area contributed by atoms with Gasteiger partial charge in [0.05, 0.1) is 21.3 Å². The first-order valence-corrected chi connectivity index (χ1v) is 19.7. The smallest absolute Gasteiger partial charge is 0.178 e. The lowest BCUT2D eigenvalue weighted by atomic mass is 10.1. The fourth-order valence-corrected chi connectivity index (χ4v) is 7.80. The average Bonchev–Trinajstić information content (AvgIpc) is 3.03. The molecular formula is C38H50O4S2. The highest BCUT2D eigenvalue weighted by Gasteiger charge is 2.14. The Balaban J connectivity index is 1.48.